The van der Waals surface area contributed by atoms with E-state index in [-0.39, 0.29) is 24.0 Å². The zero-order chi connectivity index (χ0) is 21.0. The van der Waals surface area contributed by atoms with Crippen LogP contribution in [0.15, 0.2) is 23.2 Å². The molecular weight excluding hydrogens is 493 g/mol. The van der Waals surface area contributed by atoms with Gasteiger partial charge in [-0.2, -0.15) is 0 Å². The Labute approximate surface area is 199 Å². The smallest absolute Gasteiger partial charge is 0.191 e. The molecule has 172 valence electrons. The van der Waals surface area contributed by atoms with E-state index in [1.807, 2.05) is 7.05 Å². The summed E-state index contributed by atoms with van der Waals surface area (Å²) in [6, 6.07) is 6.34. The van der Waals surface area contributed by atoms with Crippen LogP contribution in [0.5, 0.6) is 5.75 Å². The molecule has 0 bridgehead atoms. The molecule has 1 fully saturated rings. The van der Waals surface area contributed by atoms with Crippen molar-refractivity contribution in [3.8, 4) is 5.75 Å². The number of benzene rings is 1. The van der Waals surface area contributed by atoms with Gasteiger partial charge in [0.05, 0.1) is 6.61 Å². The summed E-state index contributed by atoms with van der Waals surface area (Å²) in [4.78, 5) is 4.42. The minimum Gasteiger partial charge on any atom is -0.493 e. The number of methoxy groups -OCH3 is 2. The predicted octanol–water partition coefficient (Wildman–Crippen LogP) is 4.29. The summed E-state index contributed by atoms with van der Waals surface area (Å²) in [7, 11) is 5.32. The lowest BCUT2D eigenvalue weighted by molar-refractivity contribution is 0.138. The summed E-state index contributed by atoms with van der Waals surface area (Å²) < 4.78 is 16.4. The Balaban J connectivity index is 0.00000450. The van der Waals surface area contributed by atoms with Crippen LogP contribution in [0.2, 0.25) is 0 Å². The first-order valence-corrected chi connectivity index (χ1v) is 10.8. The van der Waals surface area contributed by atoms with Crippen molar-refractivity contribution in [1.29, 1.82) is 0 Å². The zero-order valence-corrected chi connectivity index (χ0v) is 21.4. The first-order chi connectivity index (χ1) is 14.1. The van der Waals surface area contributed by atoms with Crippen LogP contribution in [0.25, 0.3) is 0 Å². The van der Waals surface area contributed by atoms with Gasteiger partial charge in [-0.15, -0.1) is 24.0 Å². The van der Waals surface area contributed by atoms with Crippen LogP contribution < -0.4 is 15.4 Å². The number of hydrogen-bond acceptors (Lipinski definition) is 4. The normalized spacial score (nSPS) is 15.5. The molecule has 2 N–H and O–H groups in total. The van der Waals surface area contributed by atoms with E-state index >= 15 is 0 Å². The second kappa shape index (κ2) is 14.9. The monoisotopic (exact) mass is 533 g/mol. The van der Waals surface area contributed by atoms with Crippen LogP contribution in [-0.4, -0.2) is 53.6 Å². The third-order valence-electron chi connectivity index (χ3n) is 5.77. The highest BCUT2D eigenvalue weighted by Crippen LogP contribution is 2.40. The Morgan fingerprint density at radius 3 is 2.47 bits per heavy atom. The van der Waals surface area contributed by atoms with Crippen LogP contribution in [0.4, 0.5) is 0 Å². The standard InChI is InChI=1S/C23H39N3O3.HI/c1-19-8-9-20(21(16-19)29-14-7-13-27-3)17-25-22(24-2)26-18-23(12-15-28-4)10-5-6-11-23;/h8-9,16H,5-7,10-15,17-18H2,1-4H3,(H2,24,25,26);1H. The van der Waals surface area contributed by atoms with Crippen molar-refractivity contribution in [2.75, 3.05) is 47.6 Å². The molecule has 2 rings (SSSR count). The van der Waals surface area contributed by atoms with E-state index in [0.29, 0.717) is 25.2 Å². The van der Waals surface area contributed by atoms with E-state index < -0.39 is 0 Å². The fourth-order valence-electron chi connectivity index (χ4n) is 3.96. The maximum absolute atomic E-state index is 5.99. The molecule has 0 amide bonds. The first kappa shape index (κ1) is 27.0. The molecule has 1 aliphatic carbocycles. The number of hydrogen-bond donors (Lipinski definition) is 2. The Kier molecular flexibility index (Phi) is 13.4. The van der Waals surface area contributed by atoms with E-state index in [1.54, 1.807) is 14.2 Å². The summed E-state index contributed by atoms with van der Waals surface area (Å²) in [5.74, 6) is 1.76. The number of rotatable bonds is 12. The van der Waals surface area contributed by atoms with Crippen molar-refractivity contribution in [1.82, 2.24) is 10.6 Å². The maximum atomic E-state index is 5.99. The molecule has 1 aliphatic rings. The molecule has 6 nitrogen and oxygen atoms in total. The number of nitrogens with zero attached hydrogens (tertiary/aromatic N) is 1. The fourth-order valence-corrected chi connectivity index (χ4v) is 3.96. The van der Waals surface area contributed by atoms with Crippen molar-refractivity contribution in [2.24, 2.45) is 10.4 Å². The molecule has 0 aliphatic heterocycles. The maximum Gasteiger partial charge on any atom is 0.191 e. The van der Waals surface area contributed by atoms with Gasteiger partial charge in [0.15, 0.2) is 5.96 Å². The number of guanidine groups is 1. The zero-order valence-electron chi connectivity index (χ0n) is 19.1. The molecule has 0 saturated heterocycles. The van der Waals surface area contributed by atoms with Crippen LogP contribution in [0.1, 0.15) is 49.7 Å². The Morgan fingerprint density at radius 2 is 1.80 bits per heavy atom. The fraction of sp³-hybridized carbons (Fsp3) is 0.696. The summed E-state index contributed by atoms with van der Waals surface area (Å²) in [5, 5.41) is 7.00. The molecule has 0 atom stereocenters. The molecule has 0 spiro atoms. The Morgan fingerprint density at radius 1 is 1.07 bits per heavy atom. The highest BCUT2D eigenvalue weighted by molar-refractivity contribution is 14.0. The predicted molar refractivity (Wildman–Crippen MR) is 134 cm³/mol. The van der Waals surface area contributed by atoms with Gasteiger partial charge in [-0.3, -0.25) is 4.99 Å². The van der Waals surface area contributed by atoms with Gasteiger partial charge in [0.1, 0.15) is 5.75 Å². The van der Waals surface area contributed by atoms with Gasteiger partial charge in [0.25, 0.3) is 0 Å². The van der Waals surface area contributed by atoms with E-state index in [2.05, 4.69) is 40.7 Å². The molecular formula is C23H40IN3O3. The van der Waals surface area contributed by atoms with Gasteiger partial charge in [-0.25, -0.2) is 0 Å². The molecule has 1 saturated carbocycles. The number of aliphatic imine (C=N–C) groups is 1. The molecule has 1 aromatic rings. The summed E-state index contributed by atoms with van der Waals surface area (Å²) >= 11 is 0. The third-order valence-corrected chi connectivity index (χ3v) is 5.77. The van der Waals surface area contributed by atoms with Crippen LogP contribution >= 0.6 is 24.0 Å². The topological polar surface area (TPSA) is 64.1 Å². The molecule has 7 heteroatoms. The van der Waals surface area contributed by atoms with Crippen LogP contribution in [0.3, 0.4) is 0 Å². The van der Waals surface area contributed by atoms with Gasteiger partial charge in [-0.05, 0) is 43.2 Å². The number of halogens is 1. The highest BCUT2D eigenvalue weighted by Gasteiger charge is 2.33. The van der Waals surface area contributed by atoms with Gasteiger partial charge in [0, 0.05) is 59.6 Å². The minimum atomic E-state index is 0. The quantitative estimate of drug-likeness (QED) is 0.182. The van der Waals surface area contributed by atoms with Gasteiger partial charge >= 0.3 is 0 Å². The van der Waals surface area contributed by atoms with Crippen LogP contribution in [0, 0.1) is 12.3 Å². The van der Waals surface area contributed by atoms with Crippen molar-refractivity contribution in [2.45, 2.75) is 52.0 Å². The van der Waals surface area contributed by atoms with Gasteiger partial charge in [-0.1, -0.05) is 25.0 Å². The minimum absolute atomic E-state index is 0. The Hall–Kier alpha value is -1.06. The average Bonchev–Trinajstić information content (AvgIpc) is 3.20. The lowest BCUT2D eigenvalue weighted by Crippen LogP contribution is -2.43. The Bertz CT molecular complexity index is 634. The summed E-state index contributed by atoms with van der Waals surface area (Å²) in [6.45, 7) is 5.87. The van der Waals surface area contributed by atoms with Crippen LogP contribution in [-0.2, 0) is 16.0 Å². The molecule has 0 radical (unpaired) electrons. The molecule has 1 aromatic carbocycles. The second-order valence-electron chi connectivity index (χ2n) is 8.04. The largest absolute Gasteiger partial charge is 0.493 e. The molecule has 0 aromatic heterocycles. The van der Waals surface area contributed by atoms with Crippen molar-refractivity contribution < 1.29 is 14.2 Å². The number of aryl methyl sites for hydroxylation is 1. The van der Waals surface area contributed by atoms with Gasteiger partial charge in [0.2, 0.25) is 0 Å². The SMILES string of the molecule is CN=C(NCc1ccc(C)cc1OCCCOC)NCC1(CCOC)CCCC1.I. The third kappa shape index (κ3) is 8.98. The lowest BCUT2D eigenvalue weighted by atomic mass is 9.83. The van der Waals surface area contributed by atoms with Crippen molar-refractivity contribution in [3.05, 3.63) is 29.3 Å². The van der Waals surface area contributed by atoms with Crippen molar-refractivity contribution >= 4 is 29.9 Å². The number of nitrogens with one attached hydrogen (secondary N) is 2. The summed E-state index contributed by atoms with van der Waals surface area (Å²) in [6.07, 6.45) is 7.12. The molecule has 0 heterocycles. The van der Waals surface area contributed by atoms with E-state index in [4.69, 9.17) is 14.2 Å². The van der Waals surface area contributed by atoms with Crippen molar-refractivity contribution in [3.63, 3.8) is 0 Å². The van der Waals surface area contributed by atoms with E-state index in [9.17, 15) is 0 Å². The number of ether oxygens (including phenoxy) is 3. The second-order valence-corrected chi connectivity index (χ2v) is 8.04. The van der Waals surface area contributed by atoms with E-state index in [1.165, 1.54) is 31.2 Å². The molecule has 30 heavy (non-hydrogen) atoms. The molecule has 0 unspecified atom stereocenters. The highest BCUT2D eigenvalue weighted by atomic mass is 127. The van der Waals surface area contributed by atoms with Gasteiger partial charge < -0.3 is 24.8 Å². The van der Waals surface area contributed by atoms with E-state index in [0.717, 1.165) is 43.3 Å². The summed E-state index contributed by atoms with van der Waals surface area (Å²) in [5.41, 5.74) is 2.65. The average molecular weight is 533 g/mol. The first-order valence-electron chi connectivity index (χ1n) is 10.8. The lowest BCUT2D eigenvalue weighted by Gasteiger charge is -2.30.